The van der Waals surface area contributed by atoms with Gasteiger partial charge in [0.25, 0.3) is 5.91 Å². The van der Waals surface area contributed by atoms with Gasteiger partial charge in [0.1, 0.15) is 5.82 Å². The third-order valence-electron chi connectivity index (χ3n) is 3.78. The maximum absolute atomic E-state index is 12.4. The lowest BCUT2D eigenvalue weighted by Gasteiger charge is -2.09. The predicted octanol–water partition coefficient (Wildman–Crippen LogP) is 4.34. The summed E-state index contributed by atoms with van der Waals surface area (Å²) in [5.74, 6) is -2.17. The number of hydrogen-bond donors (Lipinski definition) is 3. The summed E-state index contributed by atoms with van der Waals surface area (Å²) >= 11 is 5.86. The Morgan fingerprint density at radius 1 is 1.10 bits per heavy atom. The number of rotatable bonds is 5. The van der Waals surface area contributed by atoms with Crippen molar-refractivity contribution in [2.24, 2.45) is 0 Å². The van der Waals surface area contributed by atoms with E-state index in [1.165, 1.54) is 0 Å². The van der Waals surface area contributed by atoms with Crippen LogP contribution in [-0.2, 0) is 11.2 Å². The molecule has 0 unspecified atom stereocenters. The van der Waals surface area contributed by atoms with Gasteiger partial charge in [0.15, 0.2) is 0 Å². The summed E-state index contributed by atoms with van der Waals surface area (Å²) in [7, 11) is 0. The van der Waals surface area contributed by atoms with Gasteiger partial charge in [-0.15, -0.1) is 0 Å². The minimum atomic E-state index is -5.08. The van der Waals surface area contributed by atoms with E-state index < -0.39 is 12.1 Å². The van der Waals surface area contributed by atoms with Crippen molar-refractivity contribution in [1.29, 1.82) is 0 Å². The number of carboxylic acid groups (broad SMARTS) is 1. The van der Waals surface area contributed by atoms with Crippen LogP contribution >= 0.6 is 11.6 Å². The van der Waals surface area contributed by atoms with Crippen LogP contribution in [0, 0.1) is 0 Å². The fraction of sp³-hybridized carbons (Fsp3) is 0.150. The normalized spacial score (nSPS) is 10.7. The molecule has 6 nitrogen and oxygen atoms in total. The number of halogens is 4. The maximum atomic E-state index is 12.4. The molecule has 1 heterocycles. The van der Waals surface area contributed by atoms with Crippen molar-refractivity contribution in [2.45, 2.75) is 12.6 Å². The average Bonchev–Trinajstić information content (AvgIpc) is 3.24. The van der Waals surface area contributed by atoms with Gasteiger partial charge >= 0.3 is 12.1 Å². The number of nitrogens with one attached hydrogen (secondary N) is 2. The van der Waals surface area contributed by atoms with Gasteiger partial charge in [-0.1, -0.05) is 41.9 Å². The molecule has 10 heteroatoms. The van der Waals surface area contributed by atoms with Crippen LogP contribution < -0.4 is 5.32 Å². The third kappa shape index (κ3) is 6.93. The Labute approximate surface area is 174 Å². The van der Waals surface area contributed by atoms with Crippen molar-refractivity contribution in [1.82, 2.24) is 15.3 Å². The van der Waals surface area contributed by atoms with Crippen LogP contribution in [0.4, 0.5) is 13.2 Å². The Kier molecular flexibility index (Phi) is 7.99. The molecule has 3 rings (SSSR count). The van der Waals surface area contributed by atoms with Crippen LogP contribution in [0.3, 0.4) is 0 Å². The Balaban J connectivity index is 0.000000396. The van der Waals surface area contributed by atoms with Crippen molar-refractivity contribution in [3.8, 4) is 11.4 Å². The molecule has 0 aliphatic heterocycles. The lowest BCUT2D eigenvalue weighted by molar-refractivity contribution is -0.192. The highest BCUT2D eigenvalue weighted by molar-refractivity contribution is 6.30. The van der Waals surface area contributed by atoms with Crippen LogP contribution in [-0.4, -0.2) is 39.7 Å². The van der Waals surface area contributed by atoms with Gasteiger partial charge < -0.3 is 15.4 Å². The number of amides is 1. The molecule has 0 saturated heterocycles. The molecule has 0 aliphatic rings. The molecular formula is C20H17ClF3N3O3. The van der Waals surface area contributed by atoms with Crippen LogP contribution in [0.5, 0.6) is 0 Å². The molecule has 1 amide bonds. The van der Waals surface area contributed by atoms with E-state index in [1.807, 2.05) is 42.5 Å². The first-order valence-electron chi connectivity index (χ1n) is 8.60. The molecule has 0 atom stereocenters. The van der Waals surface area contributed by atoms with E-state index in [1.54, 1.807) is 18.5 Å². The summed E-state index contributed by atoms with van der Waals surface area (Å²) in [6.45, 7) is 0.562. The molecular weight excluding hydrogens is 423 g/mol. The van der Waals surface area contributed by atoms with E-state index in [2.05, 4.69) is 15.3 Å². The van der Waals surface area contributed by atoms with E-state index in [-0.39, 0.29) is 5.91 Å². The molecule has 3 N–H and O–H groups in total. The number of imidazole rings is 1. The zero-order chi connectivity index (χ0) is 22.1. The Bertz CT molecular complexity index is 975. The summed E-state index contributed by atoms with van der Waals surface area (Å²) in [6.07, 6.45) is -0.916. The number of hydrogen-bond acceptors (Lipinski definition) is 3. The number of carboxylic acids is 1. The van der Waals surface area contributed by atoms with Gasteiger partial charge in [0, 0.05) is 29.5 Å². The standard InChI is InChI=1S/C18H16ClN3O.C2HF3O2/c19-14-7-5-13(6-8-14)9-10-22-18(23)16-4-2-1-3-15(16)17-20-11-12-21-17;3-2(4,5)1(6)7/h1-8,11-12H,9-10H2,(H,20,21)(H,22,23);(H,6,7). The van der Waals surface area contributed by atoms with E-state index in [0.29, 0.717) is 23.0 Å². The summed E-state index contributed by atoms with van der Waals surface area (Å²) < 4.78 is 31.7. The monoisotopic (exact) mass is 439 g/mol. The number of nitrogens with zero attached hydrogens (tertiary/aromatic N) is 1. The van der Waals surface area contributed by atoms with Gasteiger partial charge in [0.2, 0.25) is 0 Å². The van der Waals surface area contributed by atoms with Crippen LogP contribution in [0.15, 0.2) is 60.9 Å². The molecule has 0 saturated carbocycles. The first kappa shape index (κ1) is 23.0. The number of alkyl halides is 3. The molecule has 0 aliphatic carbocycles. The lowest BCUT2D eigenvalue weighted by atomic mass is 10.1. The van der Waals surface area contributed by atoms with Crippen molar-refractivity contribution in [3.63, 3.8) is 0 Å². The van der Waals surface area contributed by atoms with Gasteiger partial charge in [0.05, 0.1) is 5.56 Å². The molecule has 1 aromatic heterocycles. The number of aliphatic carboxylic acids is 1. The first-order valence-corrected chi connectivity index (χ1v) is 8.98. The van der Waals surface area contributed by atoms with E-state index >= 15 is 0 Å². The minimum Gasteiger partial charge on any atom is -0.475 e. The highest BCUT2D eigenvalue weighted by Gasteiger charge is 2.38. The number of benzene rings is 2. The molecule has 0 radical (unpaired) electrons. The lowest BCUT2D eigenvalue weighted by Crippen LogP contribution is -2.26. The zero-order valence-electron chi connectivity index (χ0n) is 15.4. The number of carbonyl (C=O) groups excluding carboxylic acids is 1. The van der Waals surface area contributed by atoms with E-state index in [9.17, 15) is 18.0 Å². The van der Waals surface area contributed by atoms with E-state index in [4.69, 9.17) is 21.5 Å². The predicted molar refractivity (Wildman–Crippen MR) is 105 cm³/mol. The number of carbonyl (C=O) groups is 2. The molecule has 0 fully saturated rings. The van der Waals surface area contributed by atoms with Gasteiger partial charge in [-0.3, -0.25) is 4.79 Å². The summed E-state index contributed by atoms with van der Waals surface area (Å²) in [5.41, 5.74) is 2.54. The summed E-state index contributed by atoms with van der Waals surface area (Å²) in [6, 6.07) is 15.1. The summed E-state index contributed by atoms with van der Waals surface area (Å²) in [4.78, 5) is 28.6. The molecule has 30 heavy (non-hydrogen) atoms. The topological polar surface area (TPSA) is 95.1 Å². The number of aromatic nitrogens is 2. The van der Waals surface area contributed by atoms with Crippen molar-refractivity contribution in [2.75, 3.05) is 6.54 Å². The van der Waals surface area contributed by atoms with Crippen molar-refractivity contribution < 1.29 is 27.9 Å². The molecule has 0 spiro atoms. The highest BCUT2D eigenvalue weighted by atomic mass is 35.5. The smallest absolute Gasteiger partial charge is 0.475 e. The first-order chi connectivity index (χ1) is 14.2. The third-order valence-corrected chi connectivity index (χ3v) is 4.03. The van der Waals surface area contributed by atoms with Gasteiger partial charge in [-0.2, -0.15) is 13.2 Å². The molecule has 3 aromatic rings. The molecule has 158 valence electrons. The van der Waals surface area contributed by atoms with E-state index in [0.717, 1.165) is 17.5 Å². The quantitative estimate of drug-likeness (QED) is 0.551. The number of aromatic amines is 1. The SMILES string of the molecule is O=C(NCCc1ccc(Cl)cc1)c1ccccc1-c1ncc[nH]1.O=C(O)C(F)(F)F. The Morgan fingerprint density at radius 3 is 2.30 bits per heavy atom. The fourth-order valence-electron chi connectivity index (χ4n) is 2.37. The molecule has 2 aromatic carbocycles. The second-order valence-electron chi connectivity index (χ2n) is 5.92. The fourth-order valence-corrected chi connectivity index (χ4v) is 2.49. The van der Waals surface area contributed by atoms with Gasteiger partial charge in [-0.25, -0.2) is 9.78 Å². The average molecular weight is 440 g/mol. The van der Waals surface area contributed by atoms with Crippen LogP contribution in [0.1, 0.15) is 15.9 Å². The van der Waals surface area contributed by atoms with Crippen molar-refractivity contribution in [3.05, 3.63) is 77.1 Å². The Morgan fingerprint density at radius 2 is 1.73 bits per heavy atom. The summed E-state index contributed by atoms with van der Waals surface area (Å²) in [5, 5.41) is 10.8. The number of H-pyrrole nitrogens is 1. The zero-order valence-corrected chi connectivity index (χ0v) is 16.2. The van der Waals surface area contributed by atoms with Gasteiger partial charge in [-0.05, 0) is 30.2 Å². The maximum Gasteiger partial charge on any atom is 0.490 e. The largest absolute Gasteiger partial charge is 0.490 e. The molecule has 0 bridgehead atoms. The van der Waals surface area contributed by atoms with Crippen LogP contribution in [0.2, 0.25) is 5.02 Å². The highest BCUT2D eigenvalue weighted by Crippen LogP contribution is 2.19. The Hall–Kier alpha value is -3.33. The van der Waals surface area contributed by atoms with Crippen molar-refractivity contribution >= 4 is 23.5 Å². The second-order valence-corrected chi connectivity index (χ2v) is 6.36. The second kappa shape index (κ2) is 10.4. The van der Waals surface area contributed by atoms with Crippen LogP contribution in [0.25, 0.3) is 11.4 Å². The minimum absolute atomic E-state index is 0.106.